The Balaban J connectivity index is 1.49. The lowest BCUT2D eigenvalue weighted by atomic mass is 9.94. The van der Waals surface area contributed by atoms with Crippen LogP contribution >= 0.6 is 0 Å². The van der Waals surface area contributed by atoms with Crippen LogP contribution < -0.4 is 10.1 Å². The normalized spacial score (nSPS) is 15.6. The molecule has 0 saturated carbocycles. The molecule has 188 valence electrons. The number of carbonyl (C=O) groups is 1. The minimum absolute atomic E-state index is 0.145. The van der Waals surface area contributed by atoms with E-state index in [1.807, 2.05) is 80.6 Å². The van der Waals surface area contributed by atoms with E-state index in [1.165, 1.54) is 5.56 Å². The molecule has 0 fully saturated rings. The van der Waals surface area contributed by atoms with Gasteiger partial charge in [-0.2, -0.15) is 4.98 Å². The van der Waals surface area contributed by atoms with Crippen molar-refractivity contribution in [1.29, 1.82) is 0 Å². The number of benzene rings is 3. The van der Waals surface area contributed by atoms with Crippen LogP contribution in [0.4, 0.5) is 4.79 Å². The first-order chi connectivity index (χ1) is 18.0. The molecule has 2 amide bonds. The maximum Gasteiger partial charge on any atom is 0.322 e. The van der Waals surface area contributed by atoms with Crippen molar-refractivity contribution in [3.63, 3.8) is 0 Å². The molecule has 7 heteroatoms. The number of hydrogen-bond acceptors (Lipinski definition) is 5. The van der Waals surface area contributed by atoms with Crippen LogP contribution in [0.3, 0.4) is 0 Å². The molecule has 2 heterocycles. The van der Waals surface area contributed by atoms with E-state index in [1.54, 1.807) is 12.0 Å². The summed E-state index contributed by atoms with van der Waals surface area (Å²) < 4.78 is 11.1. The zero-order chi connectivity index (χ0) is 25.8. The van der Waals surface area contributed by atoms with E-state index < -0.39 is 6.04 Å². The molecule has 37 heavy (non-hydrogen) atoms. The average molecular weight is 495 g/mol. The molecule has 1 aliphatic rings. The fourth-order valence-electron chi connectivity index (χ4n) is 4.69. The number of carbonyl (C=O) groups excluding carboxylic acids is 1. The molecule has 1 aromatic heterocycles. The molecule has 0 bridgehead atoms. The molecule has 1 unspecified atom stereocenters. The first-order valence-electron chi connectivity index (χ1n) is 12.4. The number of rotatable bonds is 8. The zero-order valence-electron chi connectivity index (χ0n) is 21.3. The van der Waals surface area contributed by atoms with Gasteiger partial charge in [0.1, 0.15) is 5.75 Å². The predicted molar refractivity (Wildman–Crippen MR) is 143 cm³/mol. The van der Waals surface area contributed by atoms with E-state index in [0.717, 1.165) is 46.6 Å². The Morgan fingerprint density at radius 1 is 1.00 bits per heavy atom. The smallest absolute Gasteiger partial charge is 0.322 e. The zero-order valence-corrected chi connectivity index (χ0v) is 21.3. The molecular formula is C30H30N4O3. The molecule has 0 aliphatic carbocycles. The van der Waals surface area contributed by atoms with Crippen LogP contribution in [-0.2, 0) is 6.42 Å². The van der Waals surface area contributed by atoms with Gasteiger partial charge in [-0.15, -0.1) is 0 Å². The standard InChI is InChI=1S/C30H30N4O3/c1-20-9-7-13-24(19-20)28-32-29(37-33-28)26-21(2)34(18-8-12-22-10-5-4-6-11-22)30(35)31-27(26)23-14-16-25(36-3)17-15-23/h4-7,9-11,13-17,19,27H,8,12,18H2,1-3H3,(H,31,35). The summed E-state index contributed by atoms with van der Waals surface area (Å²) in [4.78, 5) is 19.8. The summed E-state index contributed by atoms with van der Waals surface area (Å²) in [5, 5.41) is 7.43. The highest BCUT2D eigenvalue weighted by Crippen LogP contribution is 2.38. The number of nitrogens with zero attached hydrogens (tertiary/aromatic N) is 3. The lowest BCUT2D eigenvalue weighted by molar-refractivity contribution is 0.204. The molecule has 1 atom stereocenters. The van der Waals surface area contributed by atoms with E-state index in [2.05, 4.69) is 22.6 Å². The number of nitrogens with one attached hydrogen (secondary N) is 1. The number of urea groups is 1. The third-order valence-electron chi connectivity index (χ3n) is 6.67. The van der Waals surface area contributed by atoms with Gasteiger partial charge in [0.05, 0.1) is 18.7 Å². The van der Waals surface area contributed by atoms with E-state index in [0.29, 0.717) is 18.3 Å². The fraction of sp³-hybridized carbons (Fsp3) is 0.233. The summed E-state index contributed by atoms with van der Waals surface area (Å²) in [5.41, 5.74) is 5.74. The van der Waals surface area contributed by atoms with Crippen LogP contribution in [0.1, 0.15) is 42.0 Å². The first kappa shape index (κ1) is 24.3. The van der Waals surface area contributed by atoms with Crippen LogP contribution in [0.5, 0.6) is 5.75 Å². The van der Waals surface area contributed by atoms with Gasteiger partial charge in [0.2, 0.25) is 5.82 Å². The van der Waals surface area contributed by atoms with Crippen molar-refractivity contribution in [3.8, 4) is 17.1 Å². The van der Waals surface area contributed by atoms with Crippen molar-refractivity contribution in [2.45, 2.75) is 32.7 Å². The lowest BCUT2D eigenvalue weighted by Gasteiger charge is -2.35. The van der Waals surface area contributed by atoms with Gasteiger partial charge >= 0.3 is 6.03 Å². The molecule has 4 aromatic rings. The second kappa shape index (κ2) is 10.7. The third-order valence-corrected chi connectivity index (χ3v) is 6.67. The van der Waals surface area contributed by atoms with Crippen molar-refractivity contribution in [2.75, 3.05) is 13.7 Å². The molecule has 0 spiro atoms. The topological polar surface area (TPSA) is 80.5 Å². The van der Waals surface area contributed by atoms with Crippen molar-refractivity contribution < 1.29 is 14.1 Å². The minimum atomic E-state index is -0.436. The summed E-state index contributed by atoms with van der Waals surface area (Å²) in [6, 6.07) is 25.3. The number of amides is 2. The Bertz CT molecular complexity index is 1410. The molecule has 5 rings (SSSR count). The van der Waals surface area contributed by atoms with Crippen molar-refractivity contribution in [2.24, 2.45) is 0 Å². The largest absolute Gasteiger partial charge is 0.497 e. The summed E-state index contributed by atoms with van der Waals surface area (Å²) in [6.45, 7) is 4.55. The maximum absolute atomic E-state index is 13.3. The van der Waals surface area contributed by atoms with Crippen LogP contribution in [-0.4, -0.2) is 34.7 Å². The van der Waals surface area contributed by atoms with Crippen LogP contribution in [0.2, 0.25) is 0 Å². The van der Waals surface area contributed by atoms with Gasteiger partial charge in [0.25, 0.3) is 5.89 Å². The SMILES string of the molecule is COc1ccc(C2NC(=O)N(CCCc3ccccc3)C(C)=C2c2nc(-c3cccc(C)c3)no2)cc1. The van der Waals surface area contributed by atoms with Crippen LogP contribution in [0.25, 0.3) is 17.0 Å². The Hall–Kier alpha value is -4.39. The number of methoxy groups -OCH3 is 1. The Labute approximate surface area is 216 Å². The number of aryl methyl sites for hydroxylation is 2. The predicted octanol–water partition coefficient (Wildman–Crippen LogP) is 6.18. The average Bonchev–Trinajstić information content (AvgIpc) is 3.41. The number of allylic oxidation sites excluding steroid dienone is 1. The van der Waals surface area contributed by atoms with Gasteiger partial charge in [-0.1, -0.05) is 71.4 Å². The molecule has 1 aliphatic heterocycles. The number of hydrogen-bond donors (Lipinski definition) is 1. The first-order valence-corrected chi connectivity index (χ1v) is 12.4. The van der Waals surface area contributed by atoms with Gasteiger partial charge in [-0.25, -0.2) is 4.79 Å². The molecule has 3 aromatic carbocycles. The number of aromatic nitrogens is 2. The number of ether oxygens (including phenoxy) is 1. The minimum Gasteiger partial charge on any atom is -0.497 e. The monoisotopic (exact) mass is 494 g/mol. The summed E-state index contributed by atoms with van der Waals surface area (Å²) in [6.07, 6.45) is 1.71. The Kier molecular flexibility index (Phi) is 7.03. The Morgan fingerprint density at radius 2 is 1.78 bits per heavy atom. The molecule has 1 N–H and O–H groups in total. The fourth-order valence-corrected chi connectivity index (χ4v) is 4.69. The second-order valence-electron chi connectivity index (χ2n) is 9.19. The van der Waals surface area contributed by atoms with Crippen molar-refractivity contribution in [3.05, 3.63) is 107 Å². The second-order valence-corrected chi connectivity index (χ2v) is 9.19. The summed E-state index contributed by atoms with van der Waals surface area (Å²) in [7, 11) is 1.63. The molecule has 0 radical (unpaired) electrons. The van der Waals surface area contributed by atoms with E-state index in [4.69, 9.17) is 14.2 Å². The van der Waals surface area contributed by atoms with Gasteiger partial charge in [-0.3, -0.25) is 4.90 Å². The molecule has 7 nitrogen and oxygen atoms in total. The van der Waals surface area contributed by atoms with E-state index >= 15 is 0 Å². The van der Waals surface area contributed by atoms with Crippen molar-refractivity contribution in [1.82, 2.24) is 20.4 Å². The van der Waals surface area contributed by atoms with E-state index in [-0.39, 0.29) is 6.03 Å². The maximum atomic E-state index is 13.3. The van der Waals surface area contributed by atoms with Crippen LogP contribution in [0.15, 0.2) is 89.1 Å². The van der Waals surface area contributed by atoms with Gasteiger partial charge in [0.15, 0.2) is 0 Å². The summed E-state index contributed by atoms with van der Waals surface area (Å²) >= 11 is 0. The van der Waals surface area contributed by atoms with Crippen LogP contribution in [0, 0.1) is 6.92 Å². The van der Waals surface area contributed by atoms with Crippen molar-refractivity contribution >= 4 is 11.6 Å². The van der Waals surface area contributed by atoms with Gasteiger partial charge in [0, 0.05) is 17.8 Å². The van der Waals surface area contributed by atoms with Gasteiger partial charge in [-0.05, 0) is 56.0 Å². The van der Waals surface area contributed by atoms with Gasteiger partial charge < -0.3 is 14.6 Å². The highest BCUT2D eigenvalue weighted by Gasteiger charge is 2.35. The Morgan fingerprint density at radius 3 is 2.51 bits per heavy atom. The molecule has 0 saturated heterocycles. The highest BCUT2D eigenvalue weighted by molar-refractivity contribution is 5.86. The third kappa shape index (κ3) is 5.26. The highest BCUT2D eigenvalue weighted by atomic mass is 16.5. The lowest BCUT2D eigenvalue weighted by Crippen LogP contribution is -2.46. The molecular weight excluding hydrogens is 464 g/mol. The summed E-state index contributed by atoms with van der Waals surface area (Å²) in [5.74, 6) is 1.65. The quantitative estimate of drug-likeness (QED) is 0.316. The van der Waals surface area contributed by atoms with E-state index in [9.17, 15) is 4.79 Å².